The maximum atomic E-state index is 6.00. The number of hydrogen-bond donors (Lipinski definition) is 1. The number of fused-ring (bicyclic) bond motifs is 1. The molecular weight excluding hydrogens is 230 g/mol. The second kappa shape index (κ2) is 5.58. The average Bonchev–Trinajstić information content (AvgIpc) is 2.69. The van der Waals surface area contributed by atoms with E-state index in [0.29, 0.717) is 6.04 Å². The third-order valence-corrected chi connectivity index (χ3v) is 3.55. The molecule has 1 aromatic rings. The van der Waals surface area contributed by atoms with Gasteiger partial charge in [-0.15, -0.1) is 6.42 Å². The molecule has 1 N–H and O–H groups in total. The summed E-state index contributed by atoms with van der Waals surface area (Å²) < 4.78 is 0. The van der Waals surface area contributed by atoms with E-state index in [0.717, 1.165) is 30.7 Å². The lowest BCUT2D eigenvalue weighted by molar-refractivity contribution is 0.470. The van der Waals surface area contributed by atoms with Crippen LogP contribution in [0.15, 0.2) is 18.2 Å². The van der Waals surface area contributed by atoms with Crippen molar-refractivity contribution in [2.45, 2.75) is 44.7 Å². The molecular formula is C15H18ClN. The number of halogens is 1. The molecule has 90 valence electrons. The number of benzene rings is 1. The number of terminal acetylenes is 1. The van der Waals surface area contributed by atoms with Crippen molar-refractivity contribution >= 4 is 11.6 Å². The summed E-state index contributed by atoms with van der Waals surface area (Å²) in [5.41, 5.74) is 2.77. The molecule has 17 heavy (non-hydrogen) atoms. The molecule has 0 heterocycles. The van der Waals surface area contributed by atoms with Crippen molar-refractivity contribution in [2.75, 3.05) is 0 Å². The zero-order valence-electron chi connectivity index (χ0n) is 10.2. The standard InChI is InChI=1S/C15H18ClN/c1-3-5-14(4-2)17-15-9-11-6-7-13(16)8-12(11)10-15/h2,6-8,14-15,17H,3,5,9-10H2,1H3. The third-order valence-electron chi connectivity index (χ3n) is 3.32. The van der Waals surface area contributed by atoms with E-state index >= 15 is 0 Å². The van der Waals surface area contributed by atoms with E-state index in [2.05, 4.69) is 30.3 Å². The van der Waals surface area contributed by atoms with Crippen LogP contribution in [0.2, 0.25) is 5.02 Å². The molecule has 0 fully saturated rings. The maximum Gasteiger partial charge on any atom is 0.0689 e. The van der Waals surface area contributed by atoms with Crippen molar-refractivity contribution in [1.29, 1.82) is 0 Å². The zero-order valence-corrected chi connectivity index (χ0v) is 10.9. The van der Waals surface area contributed by atoms with Gasteiger partial charge in [0, 0.05) is 11.1 Å². The fraction of sp³-hybridized carbons (Fsp3) is 0.467. The van der Waals surface area contributed by atoms with Gasteiger partial charge in [-0.3, -0.25) is 0 Å². The average molecular weight is 248 g/mol. The summed E-state index contributed by atoms with van der Waals surface area (Å²) in [5, 5.41) is 4.38. The fourth-order valence-corrected chi connectivity index (χ4v) is 2.69. The van der Waals surface area contributed by atoms with Gasteiger partial charge in [-0.25, -0.2) is 0 Å². The van der Waals surface area contributed by atoms with Gasteiger partial charge in [0.25, 0.3) is 0 Å². The Balaban J connectivity index is 1.98. The summed E-state index contributed by atoms with van der Waals surface area (Å²) in [6, 6.07) is 6.84. The molecule has 0 aliphatic heterocycles. The summed E-state index contributed by atoms with van der Waals surface area (Å²) in [4.78, 5) is 0. The smallest absolute Gasteiger partial charge is 0.0689 e. The van der Waals surface area contributed by atoms with E-state index in [-0.39, 0.29) is 6.04 Å². The van der Waals surface area contributed by atoms with E-state index in [1.165, 1.54) is 11.1 Å². The van der Waals surface area contributed by atoms with Crippen LogP contribution in [0, 0.1) is 12.3 Å². The van der Waals surface area contributed by atoms with Gasteiger partial charge in [-0.05, 0) is 42.5 Å². The zero-order chi connectivity index (χ0) is 12.3. The fourth-order valence-electron chi connectivity index (χ4n) is 2.49. The van der Waals surface area contributed by atoms with Crippen LogP contribution < -0.4 is 5.32 Å². The summed E-state index contributed by atoms with van der Waals surface area (Å²) in [6.07, 6.45) is 9.80. The Bertz CT molecular complexity index is 433. The molecule has 2 rings (SSSR count). The summed E-state index contributed by atoms with van der Waals surface area (Å²) in [6.45, 7) is 2.16. The molecule has 0 radical (unpaired) electrons. The first-order valence-corrected chi connectivity index (χ1v) is 6.60. The van der Waals surface area contributed by atoms with E-state index in [4.69, 9.17) is 18.0 Å². The van der Waals surface area contributed by atoms with Crippen LogP contribution in [-0.2, 0) is 12.8 Å². The molecule has 1 aromatic carbocycles. The van der Waals surface area contributed by atoms with Gasteiger partial charge in [0.05, 0.1) is 6.04 Å². The molecule has 0 saturated carbocycles. The first kappa shape index (κ1) is 12.5. The minimum absolute atomic E-state index is 0.204. The Labute approximate surface area is 109 Å². The van der Waals surface area contributed by atoms with Gasteiger partial charge in [-0.1, -0.05) is 36.9 Å². The Kier molecular flexibility index (Phi) is 4.10. The number of rotatable bonds is 4. The van der Waals surface area contributed by atoms with Crippen LogP contribution in [0.25, 0.3) is 0 Å². The molecule has 2 atom stereocenters. The first-order valence-electron chi connectivity index (χ1n) is 6.22. The minimum Gasteiger partial charge on any atom is -0.300 e. The van der Waals surface area contributed by atoms with E-state index in [1.807, 2.05) is 6.07 Å². The van der Waals surface area contributed by atoms with Gasteiger partial charge >= 0.3 is 0 Å². The molecule has 1 nitrogen and oxygen atoms in total. The van der Waals surface area contributed by atoms with Crippen molar-refractivity contribution < 1.29 is 0 Å². The largest absolute Gasteiger partial charge is 0.300 e. The molecule has 0 amide bonds. The van der Waals surface area contributed by atoms with Crippen molar-refractivity contribution in [2.24, 2.45) is 0 Å². The summed E-state index contributed by atoms with van der Waals surface area (Å²) >= 11 is 6.00. The topological polar surface area (TPSA) is 12.0 Å². The van der Waals surface area contributed by atoms with Crippen LogP contribution in [0.5, 0.6) is 0 Å². The highest BCUT2D eigenvalue weighted by Gasteiger charge is 2.22. The minimum atomic E-state index is 0.204. The van der Waals surface area contributed by atoms with Crippen molar-refractivity contribution in [3.05, 3.63) is 34.3 Å². The highest BCUT2D eigenvalue weighted by molar-refractivity contribution is 6.30. The second-order valence-electron chi connectivity index (χ2n) is 4.69. The van der Waals surface area contributed by atoms with E-state index < -0.39 is 0 Å². The van der Waals surface area contributed by atoms with Crippen molar-refractivity contribution in [3.63, 3.8) is 0 Å². The van der Waals surface area contributed by atoms with Gasteiger partial charge in [0.15, 0.2) is 0 Å². The van der Waals surface area contributed by atoms with Crippen molar-refractivity contribution in [3.8, 4) is 12.3 Å². The van der Waals surface area contributed by atoms with Gasteiger partial charge in [0.1, 0.15) is 0 Å². The Morgan fingerprint density at radius 2 is 2.24 bits per heavy atom. The second-order valence-corrected chi connectivity index (χ2v) is 5.13. The molecule has 0 aromatic heterocycles. The predicted molar refractivity (Wildman–Crippen MR) is 73.3 cm³/mol. The Hall–Kier alpha value is -0.970. The lowest BCUT2D eigenvalue weighted by atomic mass is 10.1. The maximum absolute atomic E-state index is 6.00. The Morgan fingerprint density at radius 3 is 2.94 bits per heavy atom. The molecule has 2 unspecified atom stereocenters. The first-order chi connectivity index (χ1) is 8.22. The van der Waals surface area contributed by atoms with Gasteiger partial charge < -0.3 is 5.32 Å². The molecule has 1 aliphatic rings. The lowest BCUT2D eigenvalue weighted by Gasteiger charge is -2.17. The quantitative estimate of drug-likeness (QED) is 0.806. The van der Waals surface area contributed by atoms with Crippen LogP contribution in [0.4, 0.5) is 0 Å². The monoisotopic (exact) mass is 247 g/mol. The van der Waals surface area contributed by atoms with Crippen LogP contribution >= 0.6 is 11.6 Å². The summed E-state index contributed by atoms with van der Waals surface area (Å²) in [5.74, 6) is 2.83. The van der Waals surface area contributed by atoms with Crippen LogP contribution in [0.1, 0.15) is 30.9 Å². The lowest BCUT2D eigenvalue weighted by Crippen LogP contribution is -2.37. The normalized spacial score (nSPS) is 19.7. The SMILES string of the molecule is C#CC(CCC)NC1Cc2ccc(Cl)cc2C1. The highest BCUT2D eigenvalue weighted by Crippen LogP contribution is 2.25. The van der Waals surface area contributed by atoms with Crippen LogP contribution in [0.3, 0.4) is 0 Å². The van der Waals surface area contributed by atoms with E-state index in [1.54, 1.807) is 0 Å². The highest BCUT2D eigenvalue weighted by atomic mass is 35.5. The number of hydrogen-bond acceptors (Lipinski definition) is 1. The third kappa shape index (κ3) is 3.03. The van der Waals surface area contributed by atoms with E-state index in [9.17, 15) is 0 Å². The predicted octanol–water partition coefficient (Wildman–Crippen LogP) is 3.20. The molecule has 1 aliphatic carbocycles. The van der Waals surface area contributed by atoms with Crippen molar-refractivity contribution in [1.82, 2.24) is 5.32 Å². The number of nitrogens with one attached hydrogen (secondary N) is 1. The molecule has 2 heteroatoms. The Morgan fingerprint density at radius 1 is 1.47 bits per heavy atom. The van der Waals surface area contributed by atoms with Gasteiger partial charge in [0.2, 0.25) is 0 Å². The molecule has 0 bridgehead atoms. The molecule has 0 saturated heterocycles. The van der Waals surface area contributed by atoms with Crippen LogP contribution in [-0.4, -0.2) is 12.1 Å². The summed E-state index contributed by atoms with van der Waals surface area (Å²) in [7, 11) is 0. The molecule has 0 spiro atoms. The van der Waals surface area contributed by atoms with Gasteiger partial charge in [-0.2, -0.15) is 0 Å².